The Hall–Kier alpha value is -0.0400. The second-order valence-electron chi connectivity index (χ2n) is 12.9. The van der Waals surface area contributed by atoms with Gasteiger partial charge in [0.05, 0.1) is 0 Å². The highest BCUT2D eigenvalue weighted by atomic mass is 15.3. The quantitative estimate of drug-likeness (QED) is 0.104. The molecular weight excluding hydrogens is 446 g/mol. The van der Waals surface area contributed by atoms with Crippen LogP contribution in [0.15, 0.2) is 0 Å². The third-order valence-corrected chi connectivity index (χ3v) is 9.54. The van der Waals surface area contributed by atoms with E-state index in [0.717, 1.165) is 0 Å². The minimum Gasteiger partial charge on any atom is -0.286 e. The van der Waals surface area contributed by atoms with Gasteiger partial charge in [-0.25, -0.2) is 0 Å². The van der Waals surface area contributed by atoms with Crippen molar-refractivity contribution in [1.29, 1.82) is 0 Å². The van der Waals surface area contributed by atoms with Crippen LogP contribution in [-0.4, -0.2) is 21.5 Å². The molecule has 0 aromatic carbocycles. The lowest BCUT2D eigenvalue weighted by molar-refractivity contribution is -0.143. The van der Waals surface area contributed by atoms with Crippen LogP contribution in [0.1, 0.15) is 216 Å². The molecule has 1 heteroatoms. The van der Waals surface area contributed by atoms with Crippen molar-refractivity contribution in [1.82, 2.24) is 4.90 Å². The van der Waals surface area contributed by atoms with Crippen LogP contribution in [0.4, 0.5) is 0 Å². The number of unbranched alkanes of at least 4 members (excludes halogenated alkanes) is 6. The van der Waals surface area contributed by atoms with Crippen LogP contribution in [0.25, 0.3) is 0 Å². The molecule has 0 aliphatic rings. The van der Waals surface area contributed by atoms with E-state index >= 15 is 0 Å². The first kappa shape index (κ1) is 37.0. The van der Waals surface area contributed by atoms with Gasteiger partial charge in [0.1, 0.15) is 0 Å². The molecule has 0 N–H and O–H groups in total. The molecule has 0 fully saturated rings. The Bertz CT molecular complexity index is 400. The Kier molecular flexibility index (Phi) is 21.7. The minimum atomic E-state index is 0.369. The number of rotatable bonds is 27. The van der Waals surface area contributed by atoms with Gasteiger partial charge in [0.25, 0.3) is 0 Å². The molecule has 0 amide bonds. The highest BCUT2D eigenvalue weighted by Gasteiger charge is 2.54. The molecule has 0 aliphatic carbocycles. The molecule has 0 aliphatic heterocycles. The summed E-state index contributed by atoms with van der Waals surface area (Å²) in [4.78, 5) is 3.46. The van der Waals surface area contributed by atoms with Crippen molar-refractivity contribution in [3.63, 3.8) is 0 Å². The molecular formula is C36H75N. The topological polar surface area (TPSA) is 3.24 Å². The second-order valence-corrected chi connectivity index (χ2v) is 12.9. The predicted octanol–water partition coefficient (Wildman–Crippen LogP) is 13.0. The summed E-state index contributed by atoms with van der Waals surface area (Å²) in [6, 6.07) is 0. The van der Waals surface area contributed by atoms with E-state index < -0.39 is 0 Å². The maximum atomic E-state index is 3.46. The van der Waals surface area contributed by atoms with Crippen LogP contribution in [0, 0.1) is 0 Å². The molecule has 0 heterocycles. The van der Waals surface area contributed by atoms with Gasteiger partial charge in [-0.1, -0.05) is 159 Å². The second kappa shape index (κ2) is 21.7. The highest BCUT2D eigenvalue weighted by molar-refractivity contribution is 5.10. The van der Waals surface area contributed by atoms with E-state index in [1.165, 1.54) is 154 Å². The van der Waals surface area contributed by atoms with Crippen LogP contribution in [-0.2, 0) is 0 Å². The summed E-state index contributed by atoms with van der Waals surface area (Å²) < 4.78 is 0. The fourth-order valence-corrected chi connectivity index (χ4v) is 8.07. The molecule has 0 atom stereocenters. The van der Waals surface area contributed by atoms with Gasteiger partial charge in [-0.15, -0.1) is 0 Å². The first-order chi connectivity index (χ1) is 17.9. The predicted molar refractivity (Wildman–Crippen MR) is 172 cm³/mol. The largest absolute Gasteiger partial charge is 0.286 e. The first-order valence-electron chi connectivity index (χ1n) is 17.7. The zero-order valence-corrected chi connectivity index (χ0v) is 27.9. The zero-order valence-electron chi connectivity index (χ0n) is 27.9. The Morgan fingerprint density at radius 1 is 0.270 bits per heavy atom. The van der Waals surface area contributed by atoms with Gasteiger partial charge in [0.15, 0.2) is 0 Å². The fraction of sp³-hybridized carbons (Fsp3) is 1.00. The van der Waals surface area contributed by atoms with Gasteiger partial charge in [0, 0.05) is 16.6 Å². The number of hydrogen-bond acceptors (Lipinski definition) is 1. The van der Waals surface area contributed by atoms with E-state index in [-0.39, 0.29) is 0 Å². The summed E-state index contributed by atoms with van der Waals surface area (Å²) in [7, 11) is 0. The zero-order chi connectivity index (χ0) is 28.0. The van der Waals surface area contributed by atoms with Crippen LogP contribution in [0.3, 0.4) is 0 Å². The standard InChI is InChI=1S/C36H75N/c1-10-19-28-34(25-16-7,29-20-11-2)37(35(26-17-8,30-21-12-3)31-22-13-4)36(27-18-9,32-23-14-5)33-24-15-6/h10-33H2,1-9H3. The molecule has 0 radical (unpaired) electrons. The van der Waals surface area contributed by atoms with Gasteiger partial charge in [0.2, 0.25) is 0 Å². The smallest absolute Gasteiger partial charge is 0.0220 e. The lowest BCUT2D eigenvalue weighted by atomic mass is 9.66. The summed E-state index contributed by atoms with van der Waals surface area (Å²) in [6.07, 6.45) is 33.1. The van der Waals surface area contributed by atoms with Crippen molar-refractivity contribution in [2.45, 2.75) is 233 Å². The van der Waals surface area contributed by atoms with Crippen LogP contribution in [0.5, 0.6) is 0 Å². The Morgan fingerprint density at radius 3 is 0.595 bits per heavy atom. The van der Waals surface area contributed by atoms with E-state index in [0.29, 0.717) is 16.6 Å². The normalized spacial score (nSPS) is 13.1. The molecule has 0 unspecified atom stereocenters. The molecule has 0 spiro atoms. The van der Waals surface area contributed by atoms with Crippen LogP contribution >= 0.6 is 0 Å². The Labute approximate surface area is 237 Å². The summed E-state index contributed by atoms with van der Waals surface area (Å²) in [5.41, 5.74) is 1.11. The number of nitrogens with zero attached hydrogens (tertiary/aromatic N) is 1. The third kappa shape index (κ3) is 11.5. The Morgan fingerprint density at radius 2 is 0.459 bits per heavy atom. The van der Waals surface area contributed by atoms with Crippen molar-refractivity contribution < 1.29 is 0 Å². The lowest BCUT2D eigenvalue weighted by Crippen LogP contribution is -2.70. The molecule has 0 aromatic rings. The summed E-state index contributed by atoms with van der Waals surface area (Å²) >= 11 is 0. The van der Waals surface area contributed by atoms with Crippen molar-refractivity contribution >= 4 is 0 Å². The molecule has 224 valence electrons. The van der Waals surface area contributed by atoms with E-state index in [4.69, 9.17) is 0 Å². The maximum absolute atomic E-state index is 3.46. The first-order valence-corrected chi connectivity index (χ1v) is 17.7. The van der Waals surface area contributed by atoms with E-state index in [1.54, 1.807) is 0 Å². The maximum Gasteiger partial charge on any atom is 0.0220 e. The molecule has 0 saturated carbocycles. The van der Waals surface area contributed by atoms with Gasteiger partial charge in [-0.3, -0.25) is 4.90 Å². The average molecular weight is 522 g/mol. The highest BCUT2D eigenvalue weighted by Crippen LogP contribution is 2.52. The van der Waals surface area contributed by atoms with E-state index in [1.807, 2.05) is 0 Å². The van der Waals surface area contributed by atoms with Gasteiger partial charge in [-0.2, -0.15) is 0 Å². The van der Waals surface area contributed by atoms with Gasteiger partial charge < -0.3 is 0 Å². The molecule has 37 heavy (non-hydrogen) atoms. The number of hydrogen-bond donors (Lipinski definition) is 0. The summed E-state index contributed by atoms with van der Waals surface area (Å²) in [6.45, 7) is 22.1. The SMILES string of the molecule is CCCCC(CCC)(CCCC)N(C(CCC)(CCCC)CCCC)C(CCC)(CCCC)CCCC. The van der Waals surface area contributed by atoms with Crippen LogP contribution in [0.2, 0.25) is 0 Å². The molecule has 0 bridgehead atoms. The van der Waals surface area contributed by atoms with Crippen LogP contribution < -0.4 is 0 Å². The summed E-state index contributed by atoms with van der Waals surface area (Å²) in [5.74, 6) is 0. The lowest BCUT2D eigenvalue weighted by Gasteiger charge is -2.64. The average Bonchev–Trinajstić information content (AvgIpc) is 2.90. The van der Waals surface area contributed by atoms with E-state index in [2.05, 4.69) is 67.2 Å². The minimum absolute atomic E-state index is 0.369. The third-order valence-electron chi connectivity index (χ3n) is 9.54. The fourth-order valence-electron chi connectivity index (χ4n) is 8.07. The monoisotopic (exact) mass is 522 g/mol. The molecule has 0 saturated heterocycles. The summed E-state index contributed by atoms with van der Waals surface area (Å²) in [5, 5.41) is 0. The van der Waals surface area contributed by atoms with Gasteiger partial charge >= 0.3 is 0 Å². The van der Waals surface area contributed by atoms with Crippen molar-refractivity contribution in [3.05, 3.63) is 0 Å². The van der Waals surface area contributed by atoms with E-state index in [9.17, 15) is 0 Å². The Balaban J connectivity index is 7.58. The molecule has 1 nitrogen and oxygen atoms in total. The van der Waals surface area contributed by atoms with Crippen molar-refractivity contribution in [3.8, 4) is 0 Å². The van der Waals surface area contributed by atoms with Gasteiger partial charge in [-0.05, 0) is 57.8 Å². The molecule has 0 aromatic heterocycles. The van der Waals surface area contributed by atoms with Crippen molar-refractivity contribution in [2.75, 3.05) is 0 Å². The van der Waals surface area contributed by atoms with Crippen molar-refractivity contribution in [2.24, 2.45) is 0 Å². The molecule has 0 rings (SSSR count).